The summed E-state index contributed by atoms with van der Waals surface area (Å²) in [5.41, 5.74) is 0. The summed E-state index contributed by atoms with van der Waals surface area (Å²) in [6, 6.07) is -0.775. The molecule has 0 spiro atoms. The molecule has 6 heteroatoms. The Morgan fingerprint density at radius 1 is 1.42 bits per heavy atom. The first-order valence-corrected chi connectivity index (χ1v) is 6.79. The predicted octanol–water partition coefficient (Wildman–Crippen LogP) is -0.416. The van der Waals surface area contributed by atoms with Crippen molar-refractivity contribution in [2.75, 3.05) is 13.1 Å². The van der Waals surface area contributed by atoms with Crippen molar-refractivity contribution in [2.24, 2.45) is 5.92 Å². The average Bonchev–Trinajstić information content (AvgIpc) is 2.88. The summed E-state index contributed by atoms with van der Waals surface area (Å²) < 4.78 is 0. The highest BCUT2D eigenvalue weighted by Crippen LogP contribution is 2.08. The maximum Gasteiger partial charge on any atom is 0.242 e. The van der Waals surface area contributed by atoms with Crippen LogP contribution in [-0.4, -0.2) is 43.3 Å². The number of nitrogens with one attached hydrogen (secondary N) is 3. The fraction of sp³-hybridized carbons (Fsp3) is 0.769. The van der Waals surface area contributed by atoms with E-state index in [0.717, 1.165) is 19.4 Å². The van der Waals surface area contributed by atoms with Gasteiger partial charge in [-0.2, -0.15) is 0 Å². The fourth-order valence-corrected chi connectivity index (χ4v) is 2.15. The van der Waals surface area contributed by atoms with Crippen molar-refractivity contribution in [1.29, 1.82) is 0 Å². The van der Waals surface area contributed by atoms with Gasteiger partial charge in [-0.15, -0.1) is 0 Å². The minimum atomic E-state index is -0.574. The topological polar surface area (TPSA) is 87.3 Å². The van der Waals surface area contributed by atoms with E-state index in [4.69, 9.17) is 0 Å². The third-order valence-electron chi connectivity index (χ3n) is 3.08. The summed E-state index contributed by atoms with van der Waals surface area (Å²) in [6.07, 6.45) is 2.97. The van der Waals surface area contributed by atoms with Gasteiger partial charge in [0.1, 0.15) is 12.3 Å². The normalized spacial score (nSPS) is 20.1. The highest BCUT2D eigenvalue weighted by atomic mass is 16.2. The number of aldehydes is 1. The number of rotatable bonds is 7. The number of hydrogen-bond donors (Lipinski definition) is 3. The summed E-state index contributed by atoms with van der Waals surface area (Å²) in [5, 5.41) is 8.36. The smallest absolute Gasteiger partial charge is 0.242 e. The minimum Gasteiger partial charge on any atom is -0.348 e. The molecule has 0 aliphatic carbocycles. The molecule has 0 aromatic rings. The van der Waals surface area contributed by atoms with Crippen LogP contribution in [0.3, 0.4) is 0 Å². The first-order valence-electron chi connectivity index (χ1n) is 6.79. The summed E-state index contributed by atoms with van der Waals surface area (Å²) in [4.78, 5) is 34.1. The lowest BCUT2D eigenvalue weighted by molar-refractivity contribution is -0.130. The van der Waals surface area contributed by atoms with Crippen LogP contribution in [0.4, 0.5) is 0 Å². The first kappa shape index (κ1) is 15.6. The van der Waals surface area contributed by atoms with Crippen LogP contribution in [0.5, 0.6) is 0 Å². The molecule has 1 rings (SSSR count). The van der Waals surface area contributed by atoms with Crippen LogP contribution in [0.15, 0.2) is 0 Å². The van der Waals surface area contributed by atoms with Crippen molar-refractivity contribution in [3.8, 4) is 0 Å². The summed E-state index contributed by atoms with van der Waals surface area (Å²) in [7, 11) is 0. The van der Waals surface area contributed by atoms with Crippen molar-refractivity contribution in [2.45, 2.75) is 45.2 Å². The van der Waals surface area contributed by atoms with Crippen LogP contribution in [0, 0.1) is 5.92 Å². The second kappa shape index (κ2) is 7.89. The van der Waals surface area contributed by atoms with Gasteiger partial charge in [0.05, 0.1) is 12.6 Å². The monoisotopic (exact) mass is 269 g/mol. The van der Waals surface area contributed by atoms with Gasteiger partial charge in [-0.05, 0) is 31.7 Å². The van der Waals surface area contributed by atoms with Gasteiger partial charge in [0.2, 0.25) is 11.8 Å². The van der Waals surface area contributed by atoms with E-state index in [2.05, 4.69) is 16.0 Å². The maximum atomic E-state index is 12.0. The highest BCUT2D eigenvalue weighted by Gasteiger charge is 2.27. The summed E-state index contributed by atoms with van der Waals surface area (Å²) >= 11 is 0. The quantitative estimate of drug-likeness (QED) is 0.548. The Morgan fingerprint density at radius 3 is 2.68 bits per heavy atom. The van der Waals surface area contributed by atoms with E-state index in [1.165, 1.54) is 0 Å². The number of amides is 2. The van der Waals surface area contributed by atoms with Gasteiger partial charge in [-0.1, -0.05) is 13.8 Å². The molecule has 2 atom stereocenters. The fourth-order valence-electron chi connectivity index (χ4n) is 2.15. The zero-order valence-corrected chi connectivity index (χ0v) is 11.6. The lowest BCUT2D eigenvalue weighted by atomic mass is 10.0. The van der Waals surface area contributed by atoms with E-state index in [9.17, 15) is 14.4 Å². The van der Waals surface area contributed by atoms with Crippen molar-refractivity contribution < 1.29 is 14.4 Å². The number of carbonyl (C=O) groups is 3. The Morgan fingerprint density at radius 2 is 2.16 bits per heavy atom. The third kappa shape index (κ3) is 5.38. The van der Waals surface area contributed by atoms with Gasteiger partial charge in [0, 0.05) is 0 Å². The molecule has 1 saturated heterocycles. The molecule has 1 aliphatic rings. The van der Waals surface area contributed by atoms with E-state index >= 15 is 0 Å². The van der Waals surface area contributed by atoms with E-state index in [-0.39, 0.29) is 30.3 Å². The summed E-state index contributed by atoms with van der Waals surface area (Å²) in [5.74, 6) is -0.152. The largest absolute Gasteiger partial charge is 0.348 e. The van der Waals surface area contributed by atoms with Crippen LogP contribution in [-0.2, 0) is 14.4 Å². The predicted molar refractivity (Wildman–Crippen MR) is 71.5 cm³/mol. The molecule has 0 aromatic carbocycles. The lowest BCUT2D eigenvalue weighted by Crippen LogP contribution is -2.52. The standard InChI is InChI=1S/C13H23N3O3/c1-9(2)8-11(12(18)15-6-7-17)16-13(19)10-4-3-5-14-10/h7,9-11,14H,3-6,8H2,1-2H3,(H,15,18)(H,16,19). The van der Waals surface area contributed by atoms with E-state index in [0.29, 0.717) is 12.7 Å². The second-order valence-electron chi connectivity index (χ2n) is 5.25. The molecule has 0 bridgehead atoms. The van der Waals surface area contributed by atoms with Gasteiger partial charge in [0.15, 0.2) is 0 Å². The van der Waals surface area contributed by atoms with Crippen molar-refractivity contribution in [3.63, 3.8) is 0 Å². The maximum absolute atomic E-state index is 12.0. The SMILES string of the molecule is CC(C)CC(NC(=O)C1CCCN1)C(=O)NCC=O. The molecule has 1 fully saturated rings. The Labute approximate surface area is 113 Å². The van der Waals surface area contributed by atoms with E-state index in [1.54, 1.807) is 0 Å². The molecule has 0 saturated carbocycles. The van der Waals surface area contributed by atoms with Gasteiger partial charge >= 0.3 is 0 Å². The number of carbonyl (C=O) groups excluding carboxylic acids is 3. The molecular weight excluding hydrogens is 246 g/mol. The van der Waals surface area contributed by atoms with E-state index < -0.39 is 6.04 Å². The Kier molecular flexibility index (Phi) is 6.49. The zero-order valence-electron chi connectivity index (χ0n) is 11.6. The first-order chi connectivity index (χ1) is 9.04. The minimum absolute atomic E-state index is 0.0228. The Bertz CT molecular complexity index is 325. The molecule has 19 heavy (non-hydrogen) atoms. The summed E-state index contributed by atoms with van der Waals surface area (Å²) in [6.45, 7) is 4.79. The van der Waals surface area contributed by atoms with Crippen LogP contribution >= 0.6 is 0 Å². The number of hydrogen-bond acceptors (Lipinski definition) is 4. The molecule has 2 unspecified atom stereocenters. The Balaban J connectivity index is 2.54. The lowest BCUT2D eigenvalue weighted by Gasteiger charge is -2.21. The molecule has 0 radical (unpaired) electrons. The van der Waals surface area contributed by atoms with Gasteiger partial charge in [-0.3, -0.25) is 9.59 Å². The molecule has 0 aromatic heterocycles. The second-order valence-corrected chi connectivity index (χ2v) is 5.25. The van der Waals surface area contributed by atoms with Gasteiger partial charge in [-0.25, -0.2) is 0 Å². The van der Waals surface area contributed by atoms with Crippen LogP contribution < -0.4 is 16.0 Å². The molecule has 3 N–H and O–H groups in total. The van der Waals surface area contributed by atoms with Crippen molar-refractivity contribution >= 4 is 18.1 Å². The Hall–Kier alpha value is -1.43. The van der Waals surface area contributed by atoms with Crippen LogP contribution in [0.2, 0.25) is 0 Å². The average molecular weight is 269 g/mol. The molecular formula is C13H23N3O3. The van der Waals surface area contributed by atoms with E-state index in [1.807, 2.05) is 13.8 Å². The molecule has 6 nitrogen and oxygen atoms in total. The molecule has 108 valence electrons. The van der Waals surface area contributed by atoms with Gasteiger partial charge < -0.3 is 20.7 Å². The highest BCUT2D eigenvalue weighted by molar-refractivity contribution is 5.90. The van der Waals surface area contributed by atoms with Crippen LogP contribution in [0.1, 0.15) is 33.1 Å². The van der Waals surface area contributed by atoms with Gasteiger partial charge in [0.25, 0.3) is 0 Å². The molecule has 1 aliphatic heterocycles. The van der Waals surface area contributed by atoms with Crippen molar-refractivity contribution in [3.05, 3.63) is 0 Å². The molecule has 1 heterocycles. The zero-order chi connectivity index (χ0) is 14.3. The van der Waals surface area contributed by atoms with Crippen LogP contribution in [0.25, 0.3) is 0 Å². The molecule has 2 amide bonds. The van der Waals surface area contributed by atoms with Crippen molar-refractivity contribution in [1.82, 2.24) is 16.0 Å². The third-order valence-corrected chi connectivity index (χ3v) is 3.08.